The number of hydrogen-bond acceptors (Lipinski definition) is 2. The zero-order valence-electron chi connectivity index (χ0n) is 8.57. The van der Waals surface area contributed by atoms with Crippen molar-refractivity contribution in [1.82, 2.24) is 0 Å². The number of rotatable bonds is 3. The van der Waals surface area contributed by atoms with E-state index in [4.69, 9.17) is 4.74 Å². The van der Waals surface area contributed by atoms with E-state index in [1.54, 1.807) is 6.08 Å². The molecule has 0 amide bonds. The van der Waals surface area contributed by atoms with E-state index in [2.05, 4.69) is 20.4 Å². The second-order valence-corrected chi connectivity index (χ2v) is 4.29. The first-order valence-electron chi connectivity index (χ1n) is 5.08. The summed E-state index contributed by atoms with van der Waals surface area (Å²) in [5, 5.41) is 9.57. The Morgan fingerprint density at radius 2 is 2.23 bits per heavy atom. The molecule has 2 nitrogen and oxygen atoms in total. The standard InChI is InChI=1S/C11H20O2/c1-4-10-6-9(12)7-11(13-10)5-8(2)3/h4,8-12H,1,5-7H2,2-3H3/t9-,10+,11-/m0/s1. The zero-order valence-corrected chi connectivity index (χ0v) is 8.57. The van der Waals surface area contributed by atoms with E-state index in [9.17, 15) is 5.11 Å². The smallest absolute Gasteiger partial charge is 0.0781 e. The van der Waals surface area contributed by atoms with Crippen LogP contribution in [-0.2, 0) is 4.74 Å². The second-order valence-electron chi connectivity index (χ2n) is 4.29. The highest BCUT2D eigenvalue weighted by molar-refractivity contribution is 4.88. The van der Waals surface area contributed by atoms with Crippen LogP contribution in [-0.4, -0.2) is 23.4 Å². The van der Waals surface area contributed by atoms with Crippen molar-refractivity contribution < 1.29 is 9.84 Å². The molecule has 13 heavy (non-hydrogen) atoms. The summed E-state index contributed by atoms with van der Waals surface area (Å²) in [6.45, 7) is 8.04. The largest absolute Gasteiger partial charge is 0.393 e. The molecule has 0 unspecified atom stereocenters. The van der Waals surface area contributed by atoms with Crippen LogP contribution in [0.3, 0.4) is 0 Å². The van der Waals surface area contributed by atoms with Crippen molar-refractivity contribution in [3.05, 3.63) is 12.7 Å². The highest BCUT2D eigenvalue weighted by Gasteiger charge is 2.26. The number of aliphatic hydroxyl groups is 1. The Hall–Kier alpha value is -0.340. The minimum absolute atomic E-state index is 0.0486. The maximum Gasteiger partial charge on any atom is 0.0781 e. The van der Waals surface area contributed by atoms with Gasteiger partial charge in [-0.05, 0) is 18.8 Å². The Morgan fingerprint density at radius 1 is 1.54 bits per heavy atom. The molecule has 1 aliphatic rings. The van der Waals surface area contributed by atoms with Gasteiger partial charge in [-0.2, -0.15) is 0 Å². The van der Waals surface area contributed by atoms with Crippen molar-refractivity contribution in [2.75, 3.05) is 0 Å². The normalized spacial score (nSPS) is 34.9. The van der Waals surface area contributed by atoms with Crippen LogP contribution >= 0.6 is 0 Å². The molecule has 0 aromatic heterocycles. The van der Waals surface area contributed by atoms with E-state index in [0.717, 1.165) is 12.8 Å². The van der Waals surface area contributed by atoms with Crippen LogP contribution in [0.25, 0.3) is 0 Å². The highest BCUT2D eigenvalue weighted by atomic mass is 16.5. The van der Waals surface area contributed by atoms with Crippen LogP contribution in [0.4, 0.5) is 0 Å². The molecule has 0 radical (unpaired) electrons. The first-order chi connectivity index (χ1) is 6.11. The summed E-state index contributed by atoms with van der Waals surface area (Å²) in [4.78, 5) is 0. The van der Waals surface area contributed by atoms with Crippen molar-refractivity contribution in [2.45, 2.75) is 51.4 Å². The zero-order chi connectivity index (χ0) is 9.84. The molecule has 0 spiro atoms. The molecule has 0 aromatic rings. The minimum atomic E-state index is -0.208. The SMILES string of the molecule is C=C[C@@H]1C[C@H](O)C[C@H](CC(C)C)O1. The molecular weight excluding hydrogens is 164 g/mol. The number of ether oxygens (including phenoxy) is 1. The molecule has 1 saturated heterocycles. The second kappa shape index (κ2) is 4.77. The van der Waals surface area contributed by atoms with Crippen molar-refractivity contribution >= 4 is 0 Å². The lowest BCUT2D eigenvalue weighted by molar-refractivity contribution is -0.0822. The fourth-order valence-corrected chi connectivity index (χ4v) is 1.86. The molecule has 0 saturated carbocycles. The lowest BCUT2D eigenvalue weighted by atomic mass is 9.95. The molecule has 1 rings (SSSR count). The summed E-state index contributed by atoms with van der Waals surface area (Å²) in [6.07, 6.45) is 4.36. The Morgan fingerprint density at radius 3 is 2.77 bits per heavy atom. The third kappa shape index (κ3) is 3.49. The van der Waals surface area contributed by atoms with E-state index >= 15 is 0 Å². The number of aliphatic hydroxyl groups excluding tert-OH is 1. The molecule has 1 aliphatic heterocycles. The predicted octanol–water partition coefficient (Wildman–Crippen LogP) is 2.13. The molecule has 0 bridgehead atoms. The van der Waals surface area contributed by atoms with E-state index in [1.165, 1.54) is 0 Å². The molecule has 2 heteroatoms. The van der Waals surface area contributed by atoms with Crippen molar-refractivity contribution in [3.63, 3.8) is 0 Å². The third-order valence-corrected chi connectivity index (χ3v) is 2.40. The summed E-state index contributed by atoms with van der Waals surface area (Å²) in [5.41, 5.74) is 0. The van der Waals surface area contributed by atoms with Crippen molar-refractivity contribution in [2.24, 2.45) is 5.92 Å². The van der Waals surface area contributed by atoms with Gasteiger partial charge in [0.2, 0.25) is 0 Å². The quantitative estimate of drug-likeness (QED) is 0.681. The van der Waals surface area contributed by atoms with Gasteiger partial charge in [-0.3, -0.25) is 0 Å². The van der Waals surface area contributed by atoms with Gasteiger partial charge in [0, 0.05) is 6.42 Å². The maximum atomic E-state index is 9.57. The molecular formula is C11H20O2. The molecule has 1 N–H and O–H groups in total. The van der Waals surface area contributed by atoms with Crippen LogP contribution < -0.4 is 0 Å². The van der Waals surface area contributed by atoms with E-state index in [0.29, 0.717) is 12.3 Å². The maximum absolute atomic E-state index is 9.57. The lowest BCUT2D eigenvalue weighted by Crippen LogP contribution is -2.35. The molecule has 3 atom stereocenters. The Kier molecular flexibility index (Phi) is 3.94. The first-order valence-corrected chi connectivity index (χ1v) is 5.08. The fourth-order valence-electron chi connectivity index (χ4n) is 1.86. The average Bonchev–Trinajstić information content (AvgIpc) is 2.01. The first kappa shape index (κ1) is 10.7. The van der Waals surface area contributed by atoms with Gasteiger partial charge < -0.3 is 9.84 Å². The van der Waals surface area contributed by atoms with Gasteiger partial charge in [0.15, 0.2) is 0 Å². The summed E-state index contributed by atoms with van der Waals surface area (Å²) >= 11 is 0. The van der Waals surface area contributed by atoms with Crippen LogP contribution in [0.1, 0.15) is 33.1 Å². The van der Waals surface area contributed by atoms with Gasteiger partial charge in [0.1, 0.15) is 0 Å². The highest BCUT2D eigenvalue weighted by Crippen LogP contribution is 2.24. The molecule has 0 aromatic carbocycles. The predicted molar refractivity (Wildman–Crippen MR) is 53.6 cm³/mol. The van der Waals surface area contributed by atoms with Crippen molar-refractivity contribution in [1.29, 1.82) is 0 Å². The van der Waals surface area contributed by atoms with Gasteiger partial charge in [-0.1, -0.05) is 19.9 Å². The van der Waals surface area contributed by atoms with Gasteiger partial charge in [-0.15, -0.1) is 6.58 Å². The van der Waals surface area contributed by atoms with Crippen LogP contribution in [0.2, 0.25) is 0 Å². The Bertz CT molecular complexity index is 163. The topological polar surface area (TPSA) is 29.5 Å². The van der Waals surface area contributed by atoms with Gasteiger partial charge in [-0.25, -0.2) is 0 Å². The third-order valence-electron chi connectivity index (χ3n) is 2.40. The van der Waals surface area contributed by atoms with Crippen LogP contribution in [0.15, 0.2) is 12.7 Å². The van der Waals surface area contributed by atoms with Crippen molar-refractivity contribution in [3.8, 4) is 0 Å². The van der Waals surface area contributed by atoms with Gasteiger partial charge in [0.25, 0.3) is 0 Å². The van der Waals surface area contributed by atoms with E-state index < -0.39 is 0 Å². The Labute approximate surface area is 80.6 Å². The minimum Gasteiger partial charge on any atom is -0.393 e. The molecule has 76 valence electrons. The summed E-state index contributed by atoms with van der Waals surface area (Å²) in [7, 11) is 0. The van der Waals surface area contributed by atoms with Crippen LogP contribution in [0, 0.1) is 5.92 Å². The number of hydrogen-bond donors (Lipinski definition) is 1. The average molecular weight is 184 g/mol. The summed E-state index contributed by atoms with van der Waals surface area (Å²) in [5.74, 6) is 0.626. The van der Waals surface area contributed by atoms with E-state index in [-0.39, 0.29) is 18.3 Å². The molecule has 0 aliphatic carbocycles. The fraction of sp³-hybridized carbons (Fsp3) is 0.818. The molecule has 1 fully saturated rings. The van der Waals surface area contributed by atoms with Gasteiger partial charge in [0.05, 0.1) is 18.3 Å². The summed E-state index contributed by atoms with van der Waals surface area (Å²) in [6, 6.07) is 0. The lowest BCUT2D eigenvalue weighted by Gasteiger charge is -2.32. The van der Waals surface area contributed by atoms with Gasteiger partial charge >= 0.3 is 0 Å². The summed E-state index contributed by atoms with van der Waals surface area (Å²) < 4.78 is 5.74. The monoisotopic (exact) mass is 184 g/mol. The Balaban J connectivity index is 2.42. The van der Waals surface area contributed by atoms with Crippen LogP contribution in [0.5, 0.6) is 0 Å². The van der Waals surface area contributed by atoms with E-state index in [1.807, 2.05) is 0 Å². The molecule has 1 heterocycles.